The van der Waals surface area contributed by atoms with Gasteiger partial charge in [0.15, 0.2) is 5.78 Å². The zero-order valence-corrected chi connectivity index (χ0v) is 16.8. The fourth-order valence-corrected chi connectivity index (χ4v) is 4.15. The summed E-state index contributed by atoms with van der Waals surface area (Å²) in [6, 6.07) is 5.26. The molecule has 0 spiro atoms. The summed E-state index contributed by atoms with van der Waals surface area (Å²) >= 11 is 12.7. The molecule has 2 atom stereocenters. The molecule has 0 radical (unpaired) electrons. The first kappa shape index (κ1) is 20.1. The topological polar surface area (TPSA) is 65.0 Å². The third-order valence-corrected chi connectivity index (χ3v) is 5.77. The Hall–Kier alpha value is -1.69. The third kappa shape index (κ3) is 3.96. The van der Waals surface area contributed by atoms with E-state index in [1.165, 1.54) is 7.11 Å². The van der Waals surface area contributed by atoms with Gasteiger partial charge in [-0.05, 0) is 31.4 Å². The highest BCUT2D eigenvalue weighted by Crippen LogP contribution is 2.46. The number of methoxy groups -OCH3 is 1. The maximum atomic E-state index is 12.9. The van der Waals surface area contributed by atoms with Gasteiger partial charge >= 0.3 is 5.97 Å². The van der Waals surface area contributed by atoms with Crippen LogP contribution >= 0.6 is 23.2 Å². The molecule has 0 amide bonds. The van der Waals surface area contributed by atoms with Gasteiger partial charge in [-0.15, -0.1) is 0 Å². The van der Waals surface area contributed by atoms with Gasteiger partial charge in [0.1, 0.15) is 12.5 Å². The number of benzene rings is 1. The van der Waals surface area contributed by atoms with Crippen molar-refractivity contribution in [1.29, 1.82) is 0 Å². The number of carbonyl (C=O) groups is 2. The highest BCUT2D eigenvalue weighted by atomic mass is 35.5. The Morgan fingerprint density at radius 2 is 2.04 bits per heavy atom. The van der Waals surface area contributed by atoms with Crippen molar-refractivity contribution in [3.8, 4) is 0 Å². The molecule has 0 aromatic heterocycles. The number of ketones is 1. The van der Waals surface area contributed by atoms with Crippen LogP contribution in [0, 0.1) is 5.92 Å². The Kier molecular flexibility index (Phi) is 6.35. The third-order valence-electron chi connectivity index (χ3n) is 4.94. The van der Waals surface area contributed by atoms with E-state index in [0.717, 1.165) is 12.1 Å². The molecule has 5 nitrogen and oxygen atoms in total. The molecule has 1 unspecified atom stereocenters. The molecule has 1 aliphatic heterocycles. The van der Waals surface area contributed by atoms with E-state index in [0.29, 0.717) is 46.3 Å². The molecule has 27 heavy (non-hydrogen) atoms. The van der Waals surface area contributed by atoms with Gasteiger partial charge in [-0.3, -0.25) is 14.6 Å². The van der Waals surface area contributed by atoms with Crippen LogP contribution in [0.3, 0.4) is 0 Å². The van der Waals surface area contributed by atoms with Gasteiger partial charge in [0.05, 0.1) is 16.7 Å². The lowest BCUT2D eigenvalue weighted by Crippen LogP contribution is -2.37. The van der Waals surface area contributed by atoms with Crippen LogP contribution in [0.5, 0.6) is 0 Å². The summed E-state index contributed by atoms with van der Waals surface area (Å²) in [5, 5.41) is 0.727. The van der Waals surface area contributed by atoms with E-state index in [-0.39, 0.29) is 12.4 Å². The van der Waals surface area contributed by atoms with Crippen molar-refractivity contribution < 1.29 is 19.1 Å². The SMILES string of the molecule is COCCOC(=O)C1C(C)=NC2=C(C(=O)CCC2)[C@@H]1c1cccc(Cl)c1Cl. The Morgan fingerprint density at radius 3 is 2.78 bits per heavy atom. The molecule has 1 aliphatic carbocycles. The standard InChI is InChI=1S/C20H21Cl2NO4/c1-11-16(20(25)27-10-9-26-2)17(12-5-3-6-13(21)19(12)22)18-14(23-11)7-4-8-15(18)24/h3,5-6,16-17H,4,7-10H2,1-2H3/t16?,17-/m1/s1. The zero-order valence-electron chi connectivity index (χ0n) is 15.3. The molecular weight excluding hydrogens is 389 g/mol. The van der Waals surface area contributed by atoms with E-state index in [4.69, 9.17) is 32.7 Å². The van der Waals surface area contributed by atoms with Gasteiger partial charge in [0.25, 0.3) is 0 Å². The molecule has 0 fully saturated rings. The van der Waals surface area contributed by atoms with Crippen LogP contribution in [0.25, 0.3) is 0 Å². The van der Waals surface area contributed by atoms with Gasteiger partial charge in [0, 0.05) is 36.4 Å². The number of carbonyl (C=O) groups excluding carboxylic acids is 2. The number of hydrogen-bond donors (Lipinski definition) is 0. The molecule has 1 heterocycles. The van der Waals surface area contributed by atoms with E-state index in [1.54, 1.807) is 25.1 Å². The van der Waals surface area contributed by atoms with E-state index >= 15 is 0 Å². The first-order valence-corrected chi connectivity index (χ1v) is 9.62. The number of halogens is 2. The van der Waals surface area contributed by atoms with E-state index < -0.39 is 17.8 Å². The van der Waals surface area contributed by atoms with Gasteiger partial charge in [-0.2, -0.15) is 0 Å². The number of allylic oxidation sites excluding steroid dienone is 2. The predicted molar refractivity (Wildman–Crippen MR) is 105 cm³/mol. The smallest absolute Gasteiger partial charge is 0.315 e. The normalized spacial score (nSPS) is 22.4. The van der Waals surface area contributed by atoms with Crippen molar-refractivity contribution >= 4 is 40.7 Å². The van der Waals surface area contributed by atoms with E-state index in [2.05, 4.69) is 4.99 Å². The molecule has 0 saturated heterocycles. The highest BCUT2D eigenvalue weighted by molar-refractivity contribution is 6.42. The maximum Gasteiger partial charge on any atom is 0.315 e. The van der Waals surface area contributed by atoms with E-state index in [9.17, 15) is 9.59 Å². The lowest BCUT2D eigenvalue weighted by molar-refractivity contribution is -0.147. The van der Waals surface area contributed by atoms with Crippen LogP contribution < -0.4 is 0 Å². The summed E-state index contributed by atoms with van der Waals surface area (Å²) in [7, 11) is 1.54. The molecular formula is C20H21Cl2NO4. The van der Waals surface area contributed by atoms with Gasteiger partial charge in [0.2, 0.25) is 0 Å². The Labute approximate surface area is 168 Å². The number of nitrogens with zero attached hydrogens (tertiary/aromatic N) is 1. The molecule has 0 saturated carbocycles. The highest BCUT2D eigenvalue weighted by Gasteiger charge is 2.44. The monoisotopic (exact) mass is 409 g/mol. The first-order valence-electron chi connectivity index (χ1n) is 8.86. The number of hydrogen-bond acceptors (Lipinski definition) is 5. The van der Waals surface area contributed by atoms with Crippen molar-refractivity contribution in [1.82, 2.24) is 0 Å². The van der Waals surface area contributed by atoms with Crippen molar-refractivity contribution in [3.63, 3.8) is 0 Å². The second kappa shape index (κ2) is 8.55. The van der Waals surface area contributed by atoms with Crippen LogP contribution in [0.2, 0.25) is 10.0 Å². The summed E-state index contributed by atoms with van der Waals surface area (Å²) in [4.78, 5) is 30.2. The van der Waals surface area contributed by atoms with Crippen molar-refractivity contribution in [2.45, 2.75) is 32.1 Å². The second-order valence-electron chi connectivity index (χ2n) is 6.65. The fraction of sp³-hybridized carbons (Fsp3) is 0.450. The fourth-order valence-electron chi connectivity index (χ4n) is 3.72. The molecule has 0 N–H and O–H groups in total. The Morgan fingerprint density at radius 1 is 1.26 bits per heavy atom. The quantitative estimate of drug-likeness (QED) is 0.534. The second-order valence-corrected chi connectivity index (χ2v) is 7.43. The Bertz CT molecular complexity index is 831. The van der Waals surface area contributed by atoms with Gasteiger partial charge in [-0.25, -0.2) is 0 Å². The predicted octanol–water partition coefficient (Wildman–Crippen LogP) is 4.36. The summed E-state index contributed by atoms with van der Waals surface area (Å²) in [5.74, 6) is -1.72. The minimum Gasteiger partial charge on any atom is -0.463 e. The average Bonchev–Trinajstić information content (AvgIpc) is 2.63. The minimum atomic E-state index is -0.723. The molecule has 144 valence electrons. The summed E-state index contributed by atoms with van der Waals surface area (Å²) in [6.07, 6.45) is 1.90. The molecule has 3 rings (SSSR count). The van der Waals surface area contributed by atoms with Gasteiger partial charge in [-0.1, -0.05) is 35.3 Å². The molecule has 0 bridgehead atoms. The largest absolute Gasteiger partial charge is 0.463 e. The summed E-state index contributed by atoms with van der Waals surface area (Å²) in [6.45, 7) is 2.22. The number of Topliss-reactive ketones (excluding diaryl/α,β-unsaturated/α-hetero) is 1. The number of ether oxygens (including phenoxy) is 2. The number of aliphatic imine (C=N–C) groups is 1. The van der Waals surface area contributed by atoms with Crippen LogP contribution in [-0.4, -0.2) is 37.8 Å². The van der Waals surface area contributed by atoms with Crippen LogP contribution in [0.1, 0.15) is 37.7 Å². The average molecular weight is 410 g/mol. The Balaban J connectivity index is 2.10. The number of rotatable bonds is 5. The van der Waals surface area contributed by atoms with Crippen molar-refractivity contribution in [2.24, 2.45) is 10.9 Å². The van der Waals surface area contributed by atoms with Gasteiger partial charge < -0.3 is 9.47 Å². The molecule has 1 aromatic carbocycles. The molecule has 7 heteroatoms. The minimum absolute atomic E-state index is 0.00299. The lowest BCUT2D eigenvalue weighted by atomic mass is 9.71. The van der Waals surface area contributed by atoms with Crippen LogP contribution in [0.4, 0.5) is 0 Å². The summed E-state index contributed by atoms with van der Waals surface area (Å²) in [5.41, 5.74) is 2.57. The molecule has 1 aromatic rings. The summed E-state index contributed by atoms with van der Waals surface area (Å²) < 4.78 is 10.3. The van der Waals surface area contributed by atoms with Crippen molar-refractivity contribution in [2.75, 3.05) is 20.3 Å². The lowest BCUT2D eigenvalue weighted by Gasteiger charge is -2.34. The van der Waals surface area contributed by atoms with Crippen LogP contribution in [0.15, 0.2) is 34.5 Å². The van der Waals surface area contributed by atoms with E-state index in [1.807, 2.05) is 0 Å². The zero-order chi connectivity index (χ0) is 19.6. The molecule has 2 aliphatic rings. The van der Waals surface area contributed by atoms with Crippen molar-refractivity contribution in [3.05, 3.63) is 45.1 Å². The first-order chi connectivity index (χ1) is 13.0. The maximum absolute atomic E-state index is 12.9. The number of esters is 1. The van der Waals surface area contributed by atoms with Crippen LogP contribution in [-0.2, 0) is 19.1 Å².